The van der Waals surface area contributed by atoms with E-state index in [2.05, 4.69) is 0 Å². The van der Waals surface area contributed by atoms with Gasteiger partial charge in [0.25, 0.3) is 5.91 Å². The van der Waals surface area contributed by atoms with E-state index < -0.39 is 5.91 Å². The maximum absolute atomic E-state index is 11.4. The second-order valence-corrected chi connectivity index (χ2v) is 3.60. The zero-order valence-corrected chi connectivity index (χ0v) is 8.66. The van der Waals surface area contributed by atoms with E-state index >= 15 is 0 Å². The van der Waals surface area contributed by atoms with Crippen molar-refractivity contribution in [1.29, 1.82) is 5.26 Å². The Bertz CT molecular complexity index is 511. The fourth-order valence-corrected chi connectivity index (χ4v) is 2.01. The second-order valence-electron chi connectivity index (χ2n) is 3.60. The Morgan fingerprint density at radius 3 is 2.81 bits per heavy atom. The Kier molecular flexibility index (Phi) is 2.71. The Morgan fingerprint density at radius 1 is 1.38 bits per heavy atom. The Morgan fingerprint density at radius 2 is 2.12 bits per heavy atom. The quantitative estimate of drug-likeness (QED) is 0.239. The fourth-order valence-electron chi connectivity index (χ4n) is 2.01. The van der Waals surface area contributed by atoms with Crippen molar-refractivity contribution in [2.45, 2.75) is 12.8 Å². The number of fused-ring (bicyclic) bond motifs is 1. The smallest absolute Gasteiger partial charge is 0.276 e. The van der Waals surface area contributed by atoms with E-state index in [0.29, 0.717) is 0 Å². The van der Waals surface area contributed by atoms with Crippen molar-refractivity contribution in [2.75, 3.05) is 0 Å². The molecule has 1 aliphatic rings. The molecule has 0 unspecified atom stereocenters. The standard InChI is InChI=1S/C12H11N3O/c13-7-11(12(16)15-14)10-6-5-8-3-1-2-4-9(8)10/h1-4H,5-6,14H2,(H,15,16). The minimum atomic E-state index is -0.519. The molecule has 1 aromatic carbocycles. The first kappa shape index (κ1) is 10.4. The molecule has 3 N–H and O–H groups in total. The van der Waals surface area contributed by atoms with E-state index in [4.69, 9.17) is 11.1 Å². The molecule has 4 nitrogen and oxygen atoms in total. The molecule has 4 heteroatoms. The lowest BCUT2D eigenvalue weighted by Gasteiger charge is -2.03. The Hall–Kier alpha value is -2.12. The molecule has 0 saturated heterocycles. The van der Waals surface area contributed by atoms with Crippen LogP contribution in [0.3, 0.4) is 0 Å². The van der Waals surface area contributed by atoms with Crippen LogP contribution in [0.25, 0.3) is 5.57 Å². The zero-order valence-electron chi connectivity index (χ0n) is 8.66. The summed E-state index contributed by atoms with van der Waals surface area (Å²) < 4.78 is 0. The third-order valence-electron chi connectivity index (χ3n) is 2.76. The van der Waals surface area contributed by atoms with Crippen molar-refractivity contribution in [3.63, 3.8) is 0 Å². The highest BCUT2D eigenvalue weighted by molar-refractivity contribution is 6.05. The molecule has 0 bridgehead atoms. The van der Waals surface area contributed by atoms with Gasteiger partial charge in [0.05, 0.1) is 0 Å². The lowest BCUT2D eigenvalue weighted by molar-refractivity contribution is -0.117. The van der Waals surface area contributed by atoms with E-state index in [-0.39, 0.29) is 5.57 Å². The summed E-state index contributed by atoms with van der Waals surface area (Å²) in [6.07, 6.45) is 1.59. The van der Waals surface area contributed by atoms with Crippen molar-refractivity contribution >= 4 is 11.5 Å². The van der Waals surface area contributed by atoms with Gasteiger partial charge >= 0.3 is 0 Å². The highest BCUT2D eigenvalue weighted by Crippen LogP contribution is 2.34. The molecule has 0 heterocycles. The molecule has 2 rings (SSSR count). The van der Waals surface area contributed by atoms with Crippen molar-refractivity contribution in [2.24, 2.45) is 5.84 Å². The van der Waals surface area contributed by atoms with Crippen LogP contribution in [0.1, 0.15) is 17.5 Å². The van der Waals surface area contributed by atoms with Gasteiger partial charge in [-0.25, -0.2) is 5.84 Å². The molecular formula is C12H11N3O. The molecule has 0 radical (unpaired) electrons. The number of carbonyl (C=O) groups excluding carboxylic acids is 1. The van der Waals surface area contributed by atoms with Gasteiger partial charge in [0.2, 0.25) is 0 Å². The van der Waals surface area contributed by atoms with E-state index in [1.165, 1.54) is 5.56 Å². The monoisotopic (exact) mass is 213 g/mol. The summed E-state index contributed by atoms with van der Waals surface area (Å²) in [5.41, 5.74) is 5.08. The van der Waals surface area contributed by atoms with Crippen LogP contribution in [-0.2, 0) is 11.2 Å². The summed E-state index contributed by atoms with van der Waals surface area (Å²) in [6, 6.07) is 9.72. The molecule has 0 fully saturated rings. The summed E-state index contributed by atoms with van der Waals surface area (Å²) >= 11 is 0. The number of hydrogen-bond acceptors (Lipinski definition) is 3. The van der Waals surface area contributed by atoms with Crippen LogP contribution in [0.15, 0.2) is 29.8 Å². The van der Waals surface area contributed by atoms with Crippen molar-refractivity contribution < 1.29 is 4.79 Å². The van der Waals surface area contributed by atoms with E-state index in [1.54, 1.807) is 0 Å². The molecule has 1 amide bonds. The van der Waals surface area contributed by atoms with Crippen LogP contribution < -0.4 is 11.3 Å². The first-order valence-corrected chi connectivity index (χ1v) is 5.00. The van der Waals surface area contributed by atoms with Crippen LogP contribution in [0, 0.1) is 11.3 Å². The minimum Gasteiger partial charge on any atom is -0.290 e. The average molecular weight is 213 g/mol. The number of rotatable bonds is 1. The highest BCUT2D eigenvalue weighted by Gasteiger charge is 2.22. The van der Waals surface area contributed by atoms with Crippen molar-refractivity contribution in [1.82, 2.24) is 5.43 Å². The van der Waals surface area contributed by atoms with Crippen LogP contribution >= 0.6 is 0 Å². The van der Waals surface area contributed by atoms with Crippen LogP contribution in [-0.4, -0.2) is 5.91 Å². The number of allylic oxidation sites excluding steroid dienone is 1. The first-order chi connectivity index (χ1) is 7.77. The van der Waals surface area contributed by atoms with Gasteiger partial charge in [-0.1, -0.05) is 24.3 Å². The van der Waals surface area contributed by atoms with Crippen LogP contribution in [0.5, 0.6) is 0 Å². The summed E-state index contributed by atoms with van der Waals surface area (Å²) in [6.45, 7) is 0. The topological polar surface area (TPSA) is 78.9 Å². The second kappa shape index (κ2) is 4.17. The summed E-state index contributed by atoms with van der Waals surface area (Å²) in [5.74, 6) is 4.53. The van der Waals surface area contributed by atoms with Crippen LogP contribution in [0.2, 0.25) is 0 Å². The molecule has 16 heavy (non-hydrogen) atoms. The van der Waals surface area contributed by atoms with Gasteiger partial charge in [-0.2, -0.15) is 5.26 Å². The molecule has 80 valence electrons. The number of nitrogens with zero attached hydrogens (tertiary/aromatic N) is 1. The van der Waals surface area contributed by atoms with Gasteiger partial charge < -0.3 is 0 Å². The van der Waals surface area contributed by atoms with Crippen LogP contribution in [0.4, 0.5) is 0 Å². The average Bonchev–Trinajstić information content (AvgIpc) is 2.74. The number of hydrogen-bond donors (Lipinski definition) is 2. The number of nitriles is 1. The van der Waals surface area contributed by atoms with Crippen molar-refractivity contribution in [3.8, 4) is 6.07 Å². The van der Waals surface area contributed by atoms with Gasteiger partial charge in [0.15, 0.2) is 0 Å². The maximum Gasteiger partial charge on any atom is 0.276 e. The van der Waals surface area contributed by atoms with E-state index in [9.17, 15) is 4.79 Å². The lowest BCUT2D eigenvalue weighted by Crippen LogP contribution is -2.31. The molecule has 1 aromatic rings. The van der Waals surface area contributed by atoms with Gasteiger partial charge in [-0.3, -0.25) is 10.2 Å². The number of nitrogens with one attached hydrogen (secondary N) is 1. The largest absolute Gasteiger partial charge is 0.290 e. The summed E-state index contributed by atoms with van der Waals surface area (Å²) in [7, 11) is 0. The van der Waals surface area contributed by atoms with Gasteiger partial charge in [-0.15, -0.1) is 0 Å². The number of benzene rings is 1. The van der Waals surface area contributed by atoms with Crippen molar-refractivity contribution in [3.05, 3.63) is 41.0 Å². The van der Waals surface area contributed by atoms with E-state index in [1.807, 2.05) is 35.8 Å². The van der Waals surface area contributed by atoms with E-state index in [0.717, 1.165) is 24.0 Å². The minimum absolute atomic E-state index is 0.118. The number of aryl methyl sites for hydroxylation is 1. The lowest BCUT2D eigenvalue weighted by atomic mass is 10.0. The zero-order chi connectivity index (χ0) is 11.5. The number of carbonyl (C=O) groups is 1. The SMILES string of the molecule is N#CC(C(=O)NN)=C1CCc2ccccc21. The number of nitrogens with two attached hydrogens (primary N) is 1. The predicted molar refractivity (Wildman–Crippen MR) is 59.6 cm³/mol. The molecule has 0 aromatic heterocycles. The fraction of sp³-hybridized carbons (Fsp3) is 0.167. The first-order valence-electron chi connectivity index (χ1n) is 5.00. The predicted octanol–water partition coefficient (Wildman–Crippen LogP) is 0.900. The number of amides is 1. The molecule has 1 aliphatic carbocycles. The summed E-state index contributed by atoms with van der Waals surface area (Å²) in [4.78, 5) is 11.4. The van der Waals surface area contributed by atoms with Gasteiger partial charge in [0.1, 0.15) is 11.6 Å². The normalized spacial score (nSPS) is 16.2. The molecule has 0 atom stereocenters. The third-order valence-corrected chi connectivity index (χ3v) is 2.76. The number of hydrazine groups is 1. The Balaban J connectivity index is 2.55. The molecular weight excluding hydrogens is 202 g/mol. The molecule has 0 saturated carbocycles. The molecule has 0 aliphatic heterocycles. The summed E-state index contributed by atoms with van der Waals surface area (Å²) in [5, 5.41) is 8.99. The third kappa shape index (κ3) is 1.58. The maximum atomic E-state index is 11.4. The Labute approximate surface area is 93.3 Å². The highest BCUT2D eigenvalue weighted by atomic mass is 16.2. The van der Waals surface area contributed by atoms with Gasteiger partial charge in [-0.05, 0) is 29.5 Å². The van der Waals surface area contributed by atoms with Gasteiger partial charge in [0, 0.05) is 0 Å². The molecule has 0 spiro atoms.